The molecule has 0 unspecified atom stereocenters. The van der Waals surface area contributed by atoms with Crippen LogP contribution >= 0.6 is 12.2 Å². The Labute approximate surface area is 213 Å². The Kier molecular flexibility index (Phi) is 6.45. The van der Waals surface area contributed by atoms with Crippen LogP contribution in [0.2, 0.25) is 0 Å². The molecule has 35 heavy (non-hydrogen) atoms. The third-order valence-corrected chi connectivity index (χ3v) is 7.32. The van der Waals surface area contributed by atoms with Gasteiger partial charge in [0.1, 0.15) is 5.57 Å². The maximum absolute atomic E-state index is 13.6. The quantitative estimate of drug-likeness (QED) is 0.334. The monoisotopic (exact) mass is 487 g/mol. The summed E-state index contributed by atoms with van der Waals surface area (Å²) in [5.41, 5.74) is 8.03. The number of allylic oxidation sites excluding steroid dienone is 1. The van der Waals surface area contributed by atoms with E-state index in [1.54, 1.807) is 6.08 Å². The van der Waals surface area contributed by atoms with Crippen LogP contribution in [-0.2, 0) is 9.59 Å². The van der Waals surface area contributed by atoms with E-state index in [9.17, 15) is 9.59 Å². The number of carbonyl (C=O) groups excluding carboxylic acids is 2. The Morgan fingerprint density at radius 2 is 1.74 bits per heavy atom. The number of hydrogen-bond donors (Lipinski definition) is 1. The minimum atomic E-state index is -0.473. The molecule has 182 valence electrons. The maximum Gasteiger partial charge on any atom is 0.270 e. The van der Waals surface area contributed by atoms with Crippen LogP contribution in [-0.4, -0.2) is 29.0 Å². The van der Waals surface area contributed by atoms with E-state index in [1.165, 1.54) is 16.2 Å². The summed E-state index contributed by atoms with van der Waals surface area (Å²) in [6.07, 6.45) is 5.03. The lowest BCUT2D eigenvalue weighted by atomic mass is 9.86. The number of nitrogens with one attached hydrogen (secondary N) is 1. The topological polar surface area (TPSA) is 52.7 Å². The molecule has 0 aromatic heterocycles. The van der Waals surface area contributed by atoms with Crippen molar-refractivity contribution < 1.29 is 9.59 Å². The Bertz CT molecular complexity index is 1320. The van der Waals surface area contributed by atoms with Gasteiger partial charge in [-0.3, -0.25) is 19.8 Å². The molecule has 2 aromatic rings. The fraction of sp³-hybridized carbons (Fsp3) is 0.345. The maximum atomic E-state index is 13.6. The normalized spacial score (nSPS) is 18.5. The molecule has 4 rings (SSSR count). The summed E-state index contributed by atoms with van der Waals surface area (Å²) in [6.45, 7) is 15.7. The first-order valence-corrected chi connectivity index (χ1v) is 12.5. The SMILES string of the molecule is CCCN1c2cc(C)c(/C=C3/C(=O)NC(=S)N(c4cccc(C)c4C)C3=O)cc2C(C)=CC1(C)C. The molecule has 5 nitrogen and oxygen atoms in total. The third-order valence-electron chi connectivity index (χ3n) is 7.03. The van der Waals surface area contributed by atoms with Gasteiger partial charge in [-0.1, -0.05) is 25.1 Å². The summed E-state index contributed by atoms with van der Waals surface area (Å²) in [7, 11) is 0. The van der Waals surface area contributed by atoms with E-state index in [0.29, 0.717) is 5.69 Å². The molecule has 0 spiro atoms. The predicted molar refractivity (Wildman–Crippen MR) is 149 cm³/mol. The lowest BCUT2D eigenvalue weighted by Gasteiger charge is -2.43. The van der Waals surface area contributed by atoms with Crippen LogP contribution in [0, 0.1) is 20.8 Å². The molecule has 2 aliphatic rings. The lowest BCUT2D eigenvalue weighted by Crippen LogP contribution is -2.54. The zero-order valence-corrected chi connectivity index (χ0v) is 22.4. The highest BCUT2D eigenvalue weighted by Crippen LogP contribution is 2.41. The van der Waals surface area contributed by atoms with E-state index in [1.807, 2.05) is 39.0 Å². The first kappa shape index (κ1) is 24.9. The van der Waals surface area contributed by atoms with Crippen LogP contribution in [0.1, 0.15) is 61.9 Å². The van der Waals surface area contributed by atoms with E-state index >= 15 is 0 Å². The van der Waals surface area contributed by atoms with Gasteiger partial charge in [-0.25, -0.2) is 0 Å². The van der Waals surface area contributed by atoms with Gasteiger partial charge in [0.2, 0.25) is 0 Å². The summed E-state index contributed by atoms with van der Waals surface area (Å²) in [6, 6.07) is 10.00. The van der Waals surface area contributed by atoms with Gasteiger partial charge in [-0.05, 0) is 112 Å². The van der Waals surface area contributed by atoms with Crippen molar-refractivity contribution in [1.29, 1.82) is 0 Å². The average Bonchev–Trinajstić information content (AvgIpc) is 2.77. The van der Waals surface area contributed by atoms with Crippen molar-refractivity contribution in [3.8, 4) is 0 Å². The molecule has 0 atom stereocenters. The van der Waals surface area contributed by atoms with Crippen LogP contribution in [0.15, 0.2) is 42.0 Å². The Morgan fingerprint density at radius 3 is 2.43 bits per heavy atom. The third kappa shape index (κ3) is 4.31. The number of fused-ring (bicyclic) bond motifs is 1. The highest BCUT2D eigenvalue weighted by Gasteiger charge is 2.36. The highest BCUT2D eigenvalue weighted by molar-refractivity contribution is 7.80. The lowest BCUT2D eigenvalue weighted by molar-refractivity contribution is -0.122. The Balaban J connectivity index is 1.81. The average molecular weight is 488 g/mol. The summed E-state index contributed by atoms with van der Waals surface area (Å²) >= 11 is 5.40. The number of aryl methyl sites for hydroxylation is 2. The molecule has 0 aliphatic carbocycles. The van der Waals surface area contributed by atoms with E-state index in [-0.39, 0.29) is 16.2 Å². The van der Waals surface area contributed by atoms with E-state index in [4.69, 9.17) is 12.2 Å². The number of nitrogens with zero attached hydrogens (tertiary/aromatic N) is 2. The molecule has 1 saturated heterocycles. The minimum Gasteiger partial charge on any atom is -0.362 e. The van der Waals surface area contributed by atoms with Crippen molar-refractivity contribution in [3.05, 3.63) is 69.8 Å². The second-order valence-corrected chi connectivity index (χ2v) is 10.4. The van der Waals surface area contributed by atoms with Gasteiger partial charge in [0.25, 0.3) is 11.8 Å². The van der Waals surface area contributed by atoms with Gasteiger partial charge in [-0.15, -0.1) is 0 Å². The van der Waals surface area contributed by atoms with E-state index in [2.05, 4.69) is 56.1 Å². The summed E-state index contributed by atoms with van der Waals surface area (Å²) in [5, 5.41) is 2.81. The minimum absolute atomic E-state index is 0.0748. The van der Waals surface area contributed by atoms with Gasteiger partial charge < -0.3 is 4.90 Å². The molecule has 1 N–H and O–H groups in total. The summed E-state index contributed by atoms with van der Waals surface area (Å²) < 4.78 is 0. The zero-order valence-electron chi connectivity index (χ0n) is 21.6. The van der Waals surface area contributed by atoms with Crippen molar-refractivity contribution in [3.63, 3.8) is 0 Å². The summed E-state index contributed by atoms with van der Waals surface area (Å²) in [4.78, 5) is 30.3. The van der Waals surface area contributed by atoms with Crippen molar-refractivity contribution >= 4 is 52.2 Å². The van der Waals surface area contributed by atoms with Gasteiger partial charge in [0.05, 0.1) is 11.2 Å². The zero-order chi connectivity index (χ0) is 25.7. The van der Waals surface area contributed by atoms with Crippen LogP contribution in [0.5, 0.6) is 0 Å². The standard InChI is InChI=1S/C29H33N3O2S/c1-8-12-31-25-13-18(3)21(14-22(25)19(4)16-29(31,6)7)15-23-26(33)30-28(35)32(27(23)34)24-11-9-10-17(2)20(24)5/h9-11,13-16H,8,12H2,1-7H3,(H,30,33,35)/b23-15-. The van der Waals surface area contributed by atoms with Crippen LogP contribution in [0.25, 0.3) is 11.6 Å². The first-order valence-electron chi connectivity index (χ1n) is 12.1. The molecule has 0 radical (unpaired) electrons. The molecule has 2 amide bonds. The Morgan fingerprint density at radius 1 is 1.03 bits per heavy atom. The number of amides is 2. The van der Waals surface area contributed by atoms with Crippen molar-refractivity contribution in [1.82, 2.24) is 5.32 Å². The van der Waals surface area contributed by atoms with E-state index in [0.717, 1.165) is 40.8 Å². The molecule has 2 heterocycles. The van der Waals surface area contributed by atoms with Gasteiger partial charge in [0, 0.05) is 17.8 Å². The predicted octanol–water partition coefficient (Wildman–Crippen LogP) is 5.86. The van der Waals surface area contributed by atoms with Crippen LogP contribution < -0.4 is 15.1 Å². The molecule has 2 aliphatic heterocycles. The van der Waals surface area contributed by atoms with Crippen molar-refractivity contribution in [2.24, 2.45) is 0 Å². The molecule has 0 bridgehead atoms. The Hall–Kier alpha value is -3.25. The smallest absolute Gasteiger partial charge is 0.270 e. The van der Waals surface area contributed by atoms with Gasteiger partial charge >= 0.3 is 0 Å². The number of thiocarbonyl (C=S) groups is 1. The number of rotatable bonds is 4. The van der Waals surface area contributed by atoms with Gasteiger partial charge in [-0.2, -0.15) is 0 Å². The van der Waals surface area contributed by atoms with Crippen molar-refractivity contribution in [2.45, 2.75) is 60.4 Å². The molecular weight excluding hydrogens is 454 g/mol. The first-order chi connectivity index (χ1) is 16.5. The second kappa shape index (κ2) is 9.08. The molecular formula is C29H33N3O2S. The molecule has 6 heteroatoms. The number of hydrogen-bond acceptors (Lipinski definition) is 4. The molecule has 0 saturated carbocycles. The summed E-state index contributed by atoms with van der Waals surface area (Å²) in [5.74, 6) is -0.884. The fourth-order valence-electron chi connectivity index (χ4n) is 5.04. The molecule has 1 fully saturated rings. The number of carbonyl (C=O) groups is 2. The number of anilines is 2. The fourth-order valence-corrected chi connectivity index (χ4v) is 5.32. The van der Waals surface area contributed by atoms with Gasteiger partial charge in [0.15, 0.2) is 5.11 Å². The largest absolute Gasteiger partial charge is 0.362 e. The van der Waals surface area contributed by atoms with Crippen LogP contribution in [0.3, 0.4) is 0 Å². The van der Waals surface area contributed by atoms with Crippen molar-refractivity contribution in [2.75, 3.05) is 16.3 Å². The number of benzene rings is 2. The van der Waals surface area contributed by atoms with Crippen LogP contribution in [0.4, 0.5) is 11.4 Å². The highest BCUT2D eigenvalue weighted by atomic mass is 32.1. The second-order valence-electron chi connectivity index (χ2n) is 10.0. The molecule has 2 aromatic carbocycles. The van der Waals surface area contributed by atoms with E-state index < -0.39 is 11.8 Å².